The number of anilines is 1. The lowest BCUT2D eigenvalue weighted by Gasteiger charge is -2.10. The molecule has 5 nitrogen and oxygen atoms in total. The molecule has 7 heteroatoms. The summed E-state index contributed by atoms with van der Waals surface area (Å²) in [6.45, 7) is 3.13. The molecule has 0 unspecified atom stereocenters. The second kappa shape index (κ2) is 8.58. The van der Waals surface area contributed by atoms with Gasteiger partial charge in [0.15, 0.2) is 0 Å². The summed E-state index contributed by atoms with van der Waals surface area (Å²) in [5.41, 5.74) is 0.781. The zero-order valence-corrected chi connectivity index (χ0v) is 12.5. The Morgan fingerprint density at radius 1 is 1.45 bits per heavy atom. The molecule has 0 atom stereocenters. The lowest BCUT2D eigenvalue weighted by Crippen LogP contribution is -2.30. The molecule has 0 saturated carbocycles. The first-order valence-corrected chi connectivity index (χ1v) is 6.75. The first-order chi connectivity index (χ1) is 9.58. The third kappa shape index (κ3) is 5.21. The smallest absolute Gasteiger partial charge is 0.269 e. The van der Waals surface area contributed by atoms with E-state index in [1.165, 1.54) is 0 Å². The summed E-state index contributed by atoms with van der Waals surface area (Å²) in [6, 6.07) is 6.73. The van der Waals surface area contributed by atoms with Gasteiger partial charge in [-0.3, -0.25) is 4.79 Å². The highest BCUT2D eigenvalue weighted by molar-refractivity contribution is 6.45. The summed E-state index contributed by atoms with van der Waals surface area (Å²) in [5.74, 6) is -0.503. The van der Waals surface area contributed by atoms with Gasteiger partial charge < -0.3 is 21.4 Å². The van der Waals surface area contributed by atoms with Crippen molar-refractivity contribution in [2.45, 2.75) is 6.92 Å². The molecule has 4 N–H and O–H groups in total. The molecule has 108 valence electrons. The highest BCUT2D eigenvalue weighted by Gasteiger charge is 2.12. The molecule has 0 bridgehead atoms. The lowest BCUT2D eigenvalue weighted by atomic mass is 10.3. The Bertz CT molecular complexity index is 517. The van der Waals surface area contributed by atoms with Crippen molar-refractivity contribution in [3.05, 3.63) is 40.0 Å². The Morgan fingerprint density at radius 3 is 2.80 bits per heavy atom. The van der Waals surface area contributed by atoms with Gasteiger partial charge in [0.25, 0.3) is 5.91 Å². The number of allylic oxidation sites excluding steroid dienone is 1. The number of hydrogen-bond acceptors (Lipinski definition) is 4. The van der Waals surface area contributed by atoms with E-state index in [0.717, 1.165) is 12.8 Å². The number of amides is 1. The molecular weight excluding hydrogens is 299 g/mol. The van der Waals surface area contributed by atoms with Crippen LogP contribution in [-0.2, 0) is 4.79 Å². The average Bonchev–Trinajstić information content (AvgIpc) is 2.43. The Morgan fingerprint density at radius 2 is 2.20 bits per heavy atom. The Labute approximate surface area is 127 Å². The fourth-order valence-corrected chi connectivity index (χ4v) is 1.71. The van der Waals surface area contributed by atoms with Crippen LogP contribution in [0.1, 0.15) is 6.92 Å². The quantitative estimate of drug-likeness (QED) is 0.270. The third-order valence-corrected chi connectivity index (χ3v) is 2.93. The summed E-state index contributed by atoms with van der Waals surface area (Å²) < 4.78 is 0. The number of nitrogens with one attached hydrogen (secondary N) is 4. The van der Waals surface area contributed by atoms with Gasteiger partial charge in [-0.25, -0.2) is 0 Å². The summed E-state index contributed by atoms with van der Waals surface area (Å²) in [6.07, 6.45) is 0.997. The van der Waals surface area contributed by atoms with Crippen molar-refractivity contribution < 1.29 is 4.79 Å². The van der Waals surface area contributed by atoms with Crippen LogP contribution in [0.5, 0.6) is 0 Å². The van der Waals surface area contributed by atoms with Crippen LogP contribution in [0.3, 0.4) is 0 Å². The minimum Gasteiger partial charge on any atom is -0.370 e. The van der Waals surface area contributed by atoms with Gasteiger partial charge in [-0.05, 0) is 24.7 Å². The molecular formula is C13H16Cl2N4O. The number of carbonyl (C=O) groups is 1. The molecule has 20 heavy (non-hydrogen) atoms. The van der Waals surface area contributed by atoms with Crippen LogP contribution in [0.2, 0.25) is 5.02 Å². The lowest BCUT2D eigenvalue weighted by molar-refractivity contribution is -0.112. The Balaban J connectivity index is 2.75. The largest absolute Gasteiger partial charge is 0.370 e. The van der Waals surface area contributed by atoms with E-state index < -0.39 is 5.91 Å². The summed E-state index contributed by atoms with van der Waals surface area (Å²) >= 11 is 11.8. The highest BCUT2D eigenvalue weighted by Crippen LogP contribution is 2.17. The zero-order valence-electron chi connectivity index (χ0n) is 11.0. The minimum absolute atomic E-state index is 0.0853. The van der Waals surface area contributed by atoms with Crippen molar-refractivity contribution in [3.8, 4) is 0 Å². The molecule has 1 aromatic carbocycles. The molecule has 0 spiro atoms. The summed E-state index contributed by atoms with van der Waals surface area (Å²) in [5, 5.41) is 16.2. The van der Waals surface area contributed by atoms with E-state index in [9.17, 15) is 4.79 Å². The highest BCUT2D eigenvalue weighted by atomic mass is 35.5. The third-order valence-electron chi connectivity index (χ3n) is 2.32. The molecule has 1 aromatic rings. The molecule has 0 aliphatic heterocycles. The molecule has 0 aromatic heterocycles. The number of rotatable bonds is 7. The summed E-state index contributed by atoms with van der Waals surface area (Å²) in [7, 11) is 0. The summed E-state index contributed by atoms with van der Waals surface area (Å²) in [4.78, 5) is 11.9. The van der Waals surface area contributed by atoms with Gasteiger partial charge in [0.05, 0.1) is 12.4 Å². The second-order valence-electron chi connectivity index (χ2n) is 3.79. The minimum atomic E-state index is -0.503. The maximum atomic E-state index is 11.9. The van der Waals surface area contributed by atoms with Crippen molar-refractivity contribution in [2.24, 2.45) is 0 Å². The number of carbonyl (C=O) groups excluding carboxylic acids is 1. The van der Waals surface area contributed by atoms with Crippen LogP contribution in [0.15, 0.2) is 35.0 Å². The van der Waals surface area contributed by atoms with Crippen LogP contribution in [0, 0.1) is 5.41 Å². The molecule has 0 saturated heterocycles. The molecule has 0 aliphatic rings. The molecule has 1 rings (SSSR count). The standard InChI is InChI=1S/C13H16Cl2N4O/c1-2-17-8-18-11(7-16)12(15)13(20)19-10-5-3-4-9(14)6-10/h3-7,16-18H,2,8H2,1H3,(H,19,20)/b12-11-,16-7?. The molecule has 0 radical (unpaired) electrons. The van der Waals surface area contributed by atoms with E-state index in [-0.39, 0.29) is 10.7 Å². The first-order valence-electron chi connectivity index (χ1n) is 6.00. The number of benzene rings is 1. The molecule has 0 heterocycles. The molecule has 1 amide bonds. The van der Waals surface area contributed by atoms with Crippen LogP contribution >= 0.6 is 23.2 Å². The van der Waals surface area contributed by atoms with Crippen molar-refractivity contribution in [2.75, 3.05) is 18.5 Å². The van der Waals surface area contributed by atoms with E-state index in [4.69, 9.17) is 28.6 Å². The maximum Gasteiger partial charge on any atom is 0.269 e. The number of hydrogen-bond donors (Lipinski definition) is 4. The maximum absolute atomic E-state index is 11.9. The van der Waals surface area contributed by atoms with Gasteiger partial charge in [0, 0.05) is 16.9 Å². The SMILES string of the molecule is CCNCN/C(C=N)=C(\Cl)C(=O)Nc1cccc(Cl)c1. The van der Waals surface area contributed by atoms with Gasteiger partial charge in [-0.2, -0.15) is 0 Å². The van der Waals surface area contributed by atoms with Crippen LogP contribution in [0.4, 0.5) is 5.69 Å². The normalized spacial score (nSPS) is 11.6. The fourth-order valence-electron chi connectivity index (χ4n) is 1.35. The average molecular weight is 315 g/mol. The van der Waals surface area contributed by atoms with E-state index >= 15 is 0 Å². The number of halogens is 2. The van der Waals surface area contributed by atoms with E-state index in [1.54, 1.807) is 24.3 Å². The van der Waals surface area contributed by atoms with E-state index in [1.807, 2.05) is 6.92 Å². The van der Waals surface area contributed by atoms with Crippen molar-refractivity contribution in [1.82, 2.24) is 10.6 Å². The van der Waals surface area contributed by atoms with Crippen molar-refractivity contribution in [1.29, 1.82) is 5.41 Å². The molecule has 0 aliphatic carbocycles. The van der Waals surface area contributed by atoms with Gasteiger partial charge in [0.1, 0.15) is 5.03 Å². The molecule has 0 fully saturated rings. The van der Waals surface area contributed by atoms with Crippen LogP contribution in [0.25, 0.3) is 0 Å². The Hall–Kier alpha value is -1.56. The predicted molar refractivity (Wildman–Crippen MR) is 83.4 cm³/mol. The monoisotopic (exact) mass is 314 g/mol. The first kappa shape index (κ1) is 16.5. The Kier molecular flexibility index (Phi) is 7.08. The fraction of sp³-hybridized carbons (Fsp3) is 0.231. The van der Waals surface area contributed by atoms with Gasteiger partial charge in [-0.1, -0.05) is 36.2 Å². The predicted octanol–water partition coefficient (Wildman–Crippen LogP) is 2.54. The van der Waals surface area contributed by atoms with Gasteiger partial charge >= 0.3 is 0 Å². The zero-order chi connectivity index (χ0) is 15.0. The van der Waals surface area contributed by atoms with Crippen LogP contribution < -0.4 is 16.0 Å². The van der Waals surface area contributed by atoms with E-state index in [2.05, 4.69) is 16.0 Å². The van der Waals surface area contributed by atoms with Gasteiger partial charge in [0.2, 0.25) is 0 Å². The van der Waals surface area contributed by atoms with Crippen molar-refractivity contribution in [3.63, 3.8) is 0 Å². The van der Waals surface area contributed by atoms with Gasteiger partial charge in [-0.15, -0.1) is 0 Å². The topological polar surface area (TPSA) is 77.0 Å². The van der Waals surface area contributed by atoms with Crippen LogP contribution in [-0.4, -0.2) is 25.3 Å². The second-order valence-corrected chi connectivity index (χ2v) is 4.61. The van der Waals surface area contributed by atoms with Crippen molar-refractivity contribution >= 4 is 41.0 Å². The van der Waals surface area contributed by atoms with E-state index in [0.29, 0.717) is 17.4 Å².